The largest absolute Gasteiger partial charge is 0.494 e. The number of nitrogens with two attached hydrogens (primary N) is 2. The van der Waals surface area contributed by atoms with Crippen molar-refractivity contribution in [2.45, 2.75) is 94.1 Å². The van der Waals surface area contributed by atoms with Crippen molar-refractivity contribution in [3.05, 3.63) is 188 Å². The highest BCUT2D eigenvalue weighted by atomic mass is 16.5. The molecule has 328 valence electrons. The summed E-state index contributed by atoms with van der Waals surface area (Å²) < 4.78 is 5.85. The average Bonchev–Trinajstić information content (AvgIpc) is 3.22. The van der Waals surface area contributed by atoms with Crippen molar-refractivity contribution in [2.24, 2.45) is 11.5 Å². The highest BCUT2D eigenvalue weighted by Gasteiger charge is 2.28. The smallest absolute Gasteiger partial charge is 0.231 e. The molecule has 6 rings (SSSR count). The number of allylic oxidation sites excluding steroid dienone is 1. The molecule has 2 aromatic heterocycles. The minimum atomic E-state index is -0.679. The Bertz CT molecular complexity index is 2570. The Hall–Kier alpha value is -6.71. The van der Waals surface area contributed by atoms with Crippen molar-refractivity contribution < 1.29 is 24.2 Å². The molecule has 2 unspecified atom stereocenters. The van der Waals surface area contributed by atoms with E-state index in [9.17, 15) is 14.4 Å². The predicted molar refractivity (Wildman–Crippen MR) is 254 cm³/mol. The average molecular weight is 847 g/mol. The molecule has 0 aliphatic rings. The maximum Gasteiger partial charge on any atom is 0.231 e. The number of hydrogen-bond donors (Lipinski definition) is 3. The zero-order chi connectivity index (χ0) is 45.2. The Morgan fingerprint density at radius 3 is 1.62 bits per heavy atom. The van der Waals surface area contributed by atoms with Crippen LogP contribution in [0.5, 0.6) is 0 Å². The predicted octanol–water partition coefficient (Wildman–Crippen LogP) is 10.5. The number of rotatable bonds is 15. The third kappa shape index (κ3) is 11.8. The summed E-state index contributed by atoms with van der Waals surface area (Å²) >= 11 is 0. The molecule has 9 heteroatoms. The van der Waals surface area contributed by atoms with Crippen molar-refractivity contribution >= 4 is 17.6 Å². The van der Waals surface area contributed by atoms with Crippen LogP contribution in [-0.4, -0.2) is 39.3 Å². The Balaban J connectivity index is 0.000000274. The van der Waals surface area contributed by atoms with E-state index in [0.717, 1.165) is 72.5 Å². The van der Waals surface area contributed by atoms with Crippen LogP contribution in [0.15, 0.2) is 115 Å². The van der Waals surface area contributed by atoms with Gasteiger partial charge in [0, 0.05) is 35.3 Å². The van der Waals surface area contributed by atoms with E-state index < -0.39 is 23.7 Å². The van der Waals surface area contributed by atoms with Crippen LogP contribution in [0.4, 0.5) is 0 Å². The summed E-state index contributed by atoms with van der Waals surface area (Å²) in [4.78, 5) is 47.2. The van der Waals surface area contributed by atoms with Crippen molar-refractivity contribution in [1.82, 2.24) is 9.97 Å². The fourth-order valence-electron chi connectivity index (χ4n) is 7.91. The summed E-state index contributed by atoms with van der Waals surface area (Å²) in [6.45, 7) is 19.8. The van der Waals surface area contributed by atoms with Gasteiger partial charge in [-0.1, -0.05) is 110 Å². The third-order valence-electron chi connectivity index (χ3n) is 11.1. The van der Waals surface area contributed by atoms with E-state index in [4.69, 9.17) is 31.3 Å². The van der Waals surface area contributed by atoms with E-state index in [2.05, 4.69) is 12.6 Å². The number of pyridine rings is 2. The molecule has 0 aliphatic heterocycles. The monoisotopic (exact) mass is 846 g/mol. The summed E-state index contributed by atoms with van der Waals surface area (Å²) in [6.07, 6.45) is 1.20. The molecule has 9 nitrogen and oxygen atoms in total. The van der Waals surface area contributed by atoms with Gasteiger partial charge in [0.2, 0.25) is 11.8 Å². The lowest BCUT2D eigenvalue weighted by Crippen LogP contribution is -2.25. The van der Waals surface area contributed by atoms with Gasteiger partial charge in [0.1, 0.15) is 18.4 Å². The van der Waals surface area contributed by atoms with Gasteiger partial charge in [0.05, 0.1) is 28.5 Å². The van der Waals surface area contributed by atoms with Crippen LogP contribution < -0.4 is 11.5 Å². The number of hydrogen-bond acceptors (Lipinski definition) is 7. The number of aliphatic hydroxyl groups excluding tert-OH is 1. The number of Topliss-reactive ketones (excluding diaryl/α,β-unsaturated/α-hetero) is 1. The summed E-state index contributed by atoms with van der Waals surface area (Å²) in [6, 6.07) is 33.3. The summed E-state index contributed by atoms with van der Waals surface area (Å²) in [7, 11) is 0. The van der Waals surface area contributed by atoms with Crippen molar-refractivity contribution in [3.8, 4) is 22.5 Å². The normalized spacial score (nSPS) is 11.6. The molecule has 63 heavy (non-hydrogen) atoms. The molecule has 0 fully saturated rings. The van der Waals surface area contributed by atoms with E-state index in [1.807, 2.05) is 133 Å². The number of aryl methyl sites for hydroxylation is 7. The lowest BCUT2D eigenvalue weighted by Gasteiger charge is -2.20. The Morgan fingerprint density at radius 1 is 0.651 bits per heavy atom. The highest BCUT2D eigenvalue weighted by Crippen LogP contribution is 2.34. The van der Waals surface area contributed by atoms with E-state index in [1.54, 1.807) is 12.1 Å². The van der Waals surface area contributed by atoms with Crippen LogP contribution in [0.1, 0.15) is 116 Å². The quantitative estimate of drug-likeness (QED) is 0.0685. The van der Waals surface area contributed by atoms with Crippen molar-refractivity contribution in [1.29, 1.82) is 0 Å². The fourth-order valence-corrected chi connectivity index (χ4v) is 7.91. The first-order valence-electron chi connectivity index (χ1n) is 20.8. The van der Waals surface area contributed by atoms with Crippen LogP contribution in [0.3, 0.4) is 0 Å². The number of nitrogens with zero attached hydrogens (tertiary/aromatic N) is 2. The van der Waals surface area contributed by atoms with Gasteiger partial charge in [0.15, 0.2) is 5.78 Å². The van der Waals surface area contributed by atoms with Crippen LogP contribution >= 0.6 is 0 Å². The van der Waals surface area contributed by atoms with Gasteiger partial charge in [-0.25, -0.2) is 0 Å². The van der Waals surface area contributed by atoms with E-state index in [0.29, 0.717) is 47.9 Å². The van der Waals surface area contributed by atoms with Gasteiger partial charge in [-0.05, 0) is 119 Å². The molecule has 2 atom stereocenters. The zero-order valence-electron chi connectivity index (χ0n) is 37.1. The maximum absolute atomic E-state index is 12.6. The molecule has 2 amide bonds. The van der Waals surface area contributed by atoms with Crippen LogP contribution in [0, 0.1) is 48.5 Å². The van der Waals surface area contributed by atoms with Gasteiger partial charge in [-0.15, -0.1) is 0 Å². The topological polar surface area (TPSA) is 158 Å². The number of aromatic nitrogens is 2. The first-order chi connectivity index (χ1) is 29.5. The standard InChI is InChI=1S/C28H32N2O3.C25H26N2O2.CH4/c1-18-10-12-22(13-11-18)27-23(17-33-21(4)9-6-16-31)14-15-24(30-27)26(28(29)32)25-19(2)7-5-8-20(25)3;1-14-9-10-19(17(4)13-14)24-20(18(5)28)11-12-21(27-24)23(25(26)29)22-15(2)7-6-8-16(22)3;/h5,7-8,10-15,26,31H,4,6,9,16-17H2,1-3H3,(H2,29,32);6-13,23H,1-5H3,(H2,26,29);1H4. The molecule has 0 saturated heterocycles. The van der Waals surface area contributed by atoms with Crippen molar-refractivity contribution in [2.75, 3.05) is 6.61 Å². The lowest BCUT2D eigenvalue weighted by atomic mass is 9.86. The first kappa shape index (κ1) is 49.0. The van der Waals surface area contributed by atoms with Crippen LogP contribution in [0.25, 0.3) is 22.5 Å². The number of aliphatic hydroxyl groups is 1. The molecule has 6 aromatic rings. The number of ketones is 1. The third-order valence-corrected chi connectivity index (χ3v) is 11.1. The van der Waals surface area contributed by atoms with Gasteiger partial charge in [0.25, 0.3) is 0 Å². The van der Waals surface area contributed by atoms with E-state index in [1.165, 1.54) is 6.92 Å². The number of ether oxygens (including phenoxy) is 1. The second kappa shape index (κ2) is 21.9. The number of primary amides is 2. The second-order valence-corrected chi connectivity index (χ2v) is 16.1. The molecular weight excluding hydrogens is 785 g/mol. The Kier molecular flexibility index (Phi) is 17.0. The number of carbonyl (C=O) groups is 3. The second-order valence-electron chi connectivity index (χ2n) is 16.1. The first-order valence-corrected chi connectivity index (χ1v) is 20.8. The van der Waals surface area contributed by atoms with E-state index in [-0.39, 0.29) is 19.8 Å². The minimum absolute atomic E-state index is 0. The van der Waals surface area contributed by atoms with Gasteiger partial charge < -0.3 is 21.3 Å². The summed E-state index contributed by atoms with van der Waals surface area (Å²) in [5.41, 5.74) is 26.5. The summed E-state index contributed by atoms with van der Waals surface area (Å²) in [5.74, 6) is -1.67. The molecule has 0 spiro atoms. The molecule has 0 aliphatic carbocycles. The van der Waals surface area contributed by atoms with Gasteiger partial charge >= 0.3 is 0 Å². The molecule has 4 aromatic carbocycles. The molecule has 0 bridgehead atoms. The molecule has 0 radical (unpaired) electrons. The Labute approximate surface area is 373 Å². The van der Waals surface area contributed by atoms with Crippen LogP contribution in [0.2, 0.25) is 0 Å². The molecular formula is C54H62N4O5. The number of benzene rings is 4. The number of carbonyl (C=O) groups excluding carboxylic acids is 3. The maximum atomic E-state index is 12.6. The number of amides is 2. The summed E-state index contributed by atoms with van der Waals surface area (Å²) in [5, 5.41) is 9.03. The van der Waals surface area contributed by atoms with Gasteiger partial charge in [-0.3, -0.25) is 24.4 Å². The van der Waals surface area contributed by atoms with E-state index >= 15 is 0 Å². The van der Waals surface area contributed by atoms with Crippen molar-refractivity contribution in [3.63, 3.8) is 0 Å². The molecule has 5 N–H and O–H groups in total. The zero-order valence-corrected chi connectivity index (χ0v) is 37.1. The minimum Gasteiger partial charge on any atom is -0.494 e. The van der Waals surface area contributed by atoms with Gasteiger partial charge in [-0.2, -0.15) is 0 Å². The SMILES string of the molecule is C.C=C(CCCO)OCc1ccc(C(C(N)=O)c2c(C)cccc2C)nc1-c1ccc(C)cc1.CC(=O)c1ccc(C(C(N)=O)c2c(C)cccc2C)nc1-c1ccc(C)cc1C. The lowest BCUT2D eigenvalue weighted by molar-refractivity contribution is -0.119. The molecule has 2 heterocycles. The Morgan fingerprint density at radius 2 is 1.14 bits per heavy atom. The molecule has 0 saturated carbocycles. The highest BCUT2D eigenvalue weighted by molar-refractivity contribution is 6.00. The van der Waals surface area contributed by atoms with Crippen LogP contribution in [-0.2, 0) is 20.9 Å². The fraction of sp³-hybridized carbons (Fsp3) is 0.278.